The van der Waals surface area contributed by atoms with Crippen molar-refractivity contribution in [2.75, 3.05) is 6.61 Å². The summed E-state index contributed by atoms with van der Waals surface area (Å²) in [6, 6.07) is 16.9. The van der Waals surface area contributed by atoms with Crippen LogP contribution in [-0.4, -0.2) is 11.2 Å². The molecule has 0 atom stereocenters. The van der Waals surface area contributed by atoms with Gasteiger partial charge >= 0.3 is 0 Å². The standard InChI is InChI=1S/C23H19N3O2S/c1-4-28-20-8-6-5-7-19(20)26-22(27)21(29-23(26)18(13-24)14-25)12-17-10-9-15(2)11-16(17)3/h5-12H,4H2,1-3H3/b21-12+. The molecule has 5 nitrogen and oxygen atoms in total. The molecule has 1 aromatic heterocycles. The summed E-state index contributed by atoms with van der Waals surface area (Å²) in [5.74, 6) is 0.518. The summed E-state index contributed by atoms with van der Waals surface area (Å²) in [5.41, 5.74) is 3.21. The topological polar surface area (TPSA) is 78.8 Å². The number of ether oxygens (including phenoxy) is 1. The summed E-state index contributed by atoms with van der Waals surface area (Å²) in [7, 11) is 0. The molecular formula is C23H19N3O2S. The van der Waals surface area contributed by atoms with Crippen LogP contribution in [0.25, 0.3) is 17.3 Å². The quantitative estimate of drug-likeness (QED) is 0.673. The van der Waals surface area contributed by atoms with Gasteiger partial charge in [-0.05, 0) is 50.1 Å². The van der Waals surface area contributed by atoms with Crippen LogP contribution in [0.3, 0.4) is 0 Å². The lowest BCUT2D eigenvalue weighted by molar-refractivity contribution is 0.339. The van der Waals surface area contributed by atoms with Gasteiger partial charge in [0.25, 0.3) is 5.56 Å². The maximum Gasteiger partial charge on any atom is 0.273 e. The Morgan fingerprint density at radius 1 is 1.17 bits per heavy atom. The predicted octanol–water partition coefficient (Wildman–Crippen LogP) is 2.94. The second-order valence-corrected chi connectivity index (χ2v) is 7.45. The number of nitriles is 2. The summed E-state index contributed by atoms with van der Waals surface area (Å²) in [6.07, 6.45) is 1.80. The molecule has 6 heteroatoms. The van der Waals surface area contributed by atoms with Gasteiger partial charge in [-0.2, -0.15) is 10.5 Å². The van der Waals surface area contributed by atoms with Gasteiger partial charge in [0.1, 0.15) is 22.6 Å². The van der Waals surface area contributed by atoms with Crippen molar-refractivity contribution in [2.24, 2.45) is 0 Å². The fourth-order valence-electron chi connectivity index (χ4n) is 3.04. The number of hydrogen-bond acceptors (Lipinski definition) is 5. The van der Waals surface area contributed by atoms with Gasteiger partial charge in [-0.25, -0.2) is 0 Å². The number of nitrogens with zero attached hydrogens (tertiary/aromatic N) is 3. The fraction of sp³-hybridized carbons (Fsp3) is 0.174. The Kier molecular flexibility index (Phi) is 5.97. The Balaban J connectivity index is 2.41. The monoisotopic (exact) mass is 401 g/mol. The highest BCUT2D eigenvalue weighted by Crippen LogP contribution is 2.20. The number of aromatic nitrogens is 1. The molecule has 0 amide bonds. The van der Waals surface area contributed by atoms with Crippen LogP contribution in [0.2, 0.25) is 0 Å². The lowest BCUT2D eigenvalue weighted by Gasteiger charge is -2.10. The first-order valence-corrected chi connectivity index (χ1v) is 9.89. The van der Waals surface area contributed by atoms with E-state index in [4.69, 9.17) is 4.74 Å². The Morgan fingerprint density at radius 3 is 2.55 bits per heavy atom. The molecule has 144 valence electrons. The minimum atomic E-state index is -0.292. The Hall–Kier alpha value is -3.61. The van der Waals surface area contributed by atoms with Crippen molar-refractivity contribution in [3.63, 3.8) is 0 Å². The van der Waals surface area contributed by atoms with Crippen LogP contribution in [0, 0.1) is 36.5 Å². The maximum absolute atomic E-state index is 13.3. The Labute approximate surface area is 172 Å². The molecular weight excluding hydrogens is 382 g/mol. The van der Waals surface area contributed by atoms with Crippen molar-refractivity contribution in [2.45, 2.75) is 20.8 Å². The lowest BCUT2D eigenvalue weighted by Crippen LogP contribution is -2.31. The molecule has 29 heavy (non-hydrogen) atoms. The third-order valence-electron chi connectivity index (χ3n) is 4.38. The van der Waals surface area contributed by atoms with E-state index in [1.807, 2.05) is 57.2 Å². The van der Waals surface area contributed by atoms with E-state index >= 15 is 0 Å². The largest absolute Gasteiger partial charge is 0.492 e. The lowest BCUT2D eigenvalue weighted by atomic mass is 10.1. The van der Waals surface area contributed by atoms with Crippen LogP contribution >= 0.6 is 11.3 Å². The van der Waals surface area contributed by atoms with Crippen LogP contribution in [0.1, 0.15) is 23.6 Å². The molecule has 3 aromatic rings. The Bertz CT molecular complexity index is 1320. The van der Waals surface area contributed by atoms with E-state index in [9.17, 15) is 15.3 Å². The van der Waals surface area contributed by atoms with Gasteiger partial charge in [0.15, 0.2) is 5.57 Å². The van der Waals surface area contributed by atoms with Gasteiger partial charge < -0.3 is 4.74 Å². The van der Waals surface area contributed by atoms with Gasteiger partial charge in [0.05, 0.1) is 16.8 Å². The first kappa shape index (κ1) is 20.1. The second kappa shape index (κ2) is 8.60. The highest BCUT2D eigenvalue weighted by Gasteiger charge is 2.15. The van der Waals surface area contributed by atoms with Crippen LogP contribution in [0.15, 0.2) is 47.3 Å². The average molecular weight is 401 g/mol. The van der Waals surface area contributed by atoms with Crippen LogP contribution in [-0.2, 0) is 0 Å². The van der Waals surface area contributed by atoms with E-state index in [0.29, 0.717) is 27.2 Å². The molecule has 0 radical (unpaired) electrons. The van der Waals surface area contributed by atoms with Gasteiger partial charge in [0.2, 0.25) is 0 Å². The SMILES string of the molecule is CCOc1ccccc1-n1c(=C(C#N)C#N)s/c(=C/c2ccc(C)cc2C)c1=O. The number of aryl methyl sites for hydroxylation is 2. The van der Waals surface area contributed by atoms with E-state index < -0.39 is 0 Å². The van der Waals surface area contributed by atoms with Gasteiger partial charge in [-0.3, -0.25) is 9.36 Å². The van der Waals surface area contributed by atoms with E-state index in [2.05, 4.69) is 0 Å². The van der Waals surface area contributed by atoms with Crippen LogP contribution in [0.4, 0.5) is 0 Å². The molecule has 0 saturated carbocycles. The average Bonchev–Trinajstić information content (AvgIpc) is 3.02. The number of benzene rings is 2. The van der Waals surface area contributed by atoms with Crippen LogP contribution in [0.5, 0.6) is 5.75 Å². The van der Waals surface area contributed by atoms with Gasteiger partial charge in [-0.1, -0.05) is 35.9 Å². The number of para-hydroxylation sites is 2. The maximum atomic E-state index is 13.3. The number of thiazole rings is 1. The smallest absolute Gasteiger partial charge is 0.273 e. The molecule has 1 heterocycles. The molecule has 0 aliphatic heterocycles. The molecule has 0 aliphatic carbocycles. The third-order valence-corrected chi connectivity index (χ3v) is 5.47. The predicted molar refractivity (Wildman–Crippen MR) is 114 cm³/mol. The first-order chi connectivity index (χ1) is 14.0. The number of rotatable bonds is 4. The fourth-order valence-corrected chi connectivity index (χ4v) is 4.08. The third kappa shape index (κ3) is 3.99. The molecule has 0 aliphatic rings. The van der Waals surface area contributed by atoms with Crippen molar-refractivity contribution in [3.05, 3.63) is 78.7 Å². The van der Waals surface area contributed by atoms with E-state index in [1.54, 1.807) is 24.3 Å². The summed E-state index contributed by atoms with van der Waals surface area (Å²) in [4.78, 5) is 13.3. The van der Waals surface area contributed by atoms with Crippen molar-refractivity contribution >= 4 is 23.0 Å². The number of hydrogen-bond donors (Lipinski definition) is 0. The highest BCUT2D eigenvalue weighted by atomic mass is 32.1. The van der Waals surface area contributed by atoms with Crippen molar-refractivity contribution < 1.29 is 4.74 Å². The molecule has 3 rings (SSSR count). The molecule has 0 bridgehead atoms. The summed E-state index contributed by atoms with van der Waals surface area (Å²) in [6.45, 7) is 6.28. The molecule has 0 spiro atoms. The summed E-state index contributed by atoms with van der Waals surface area (Å²) >= 11 is 1.13. The molecule has 0 saturated heterocycles. The Morgan fingerprint density at radius 2 is 1.90 bits per heavy atom. The normalized spacial score (nSPS) is 11.0. The molecule has 0 N–H and O–H groups in total. The van der Waals surface area contributed by atoms with E-state index in [-0.39, 0.29) is 11.1 Å². The zero-order valence-electron chi connectivity index (χ0n) is 16.4. The van der Waals surface area contributed by atoms with Crippen LogP contribution < -0.4 is 19.5 Å². The van der Waals surface area contributed by atoms with E-state index in [1.165, 1.54) is 4.57 Å². The van der Waals surface area contributed by atoms with Gasteiger partial charge in [0, 0.05) is 0 Å². The second-order valence-electron chi connectivity index (χ2n) is 6.42. The van der Waals surface area contributed by atoms with Crippen molar-refractivity contribution in [1.82, 2.24) is 4.57 Å². The minimum Gasteiger partial charge on any atom is -0.492 e. The summed E-state index contributed by atoms with van der Waals surface area (Å²) in [5, 5.41) is 18.9. The van der Waals surface area contributed by atoms with E-state index in [0.717, 1.165) is 28.0 Å². The zero-order valence-corrected chi connectivity index (χ0v) is 17.2. The van der Waals surface area contributed by atoms with Crippen molar-refractivity contribution in [3.8, 4) is 23.6 Å². The molecule has 0 fully saturated rings. The first-order valence-electron chi connectivity index (χ1n) is 9.07. The zero-order chi connectivity index (χ0) is 21.0. The molecule has 2 aromatic carbocycles. The summed E-state index contributed by atoms with van der Waals surface area (Å²) < 4.78 is 7.80. The van der Waals surface area contributed by atoms with Crippen molar-refractivity contribution in [1.29, 1.82) is 10.5 Å². The molecule has 0 unspecified atom stereocenters. The highest BCUT2D eigenvalue weighted by molar-refractivity contribution is 7.07. The van der Waals surface area contributed by atoms with Gasteiger partial charge in [-0.15, -0.1) is 11.3 Å². The minimum absolute atomic E-state index is 0.112.